The first-order valence-electron chi connectivity index (χ1n) is 18.9. The van der Waals surface area contributed by atoms with Gasteiger partial charge in [-0.2, -0.15) is 0 Å². The van der Waals surface area contributed by atoms with Crippen molar-refractivity contribution in [3.8, 4) is 22.5 Å². The molecular formula is C43H40Cl3N7O4. The average molecular weight is 825 g/mol. The third-order valence-corrected chi connectivity index (χ3v) is 11.8. The number of imidazole rings is 1. The molecule has 0 aliphatic carbocycles. The Morgan fingerprint density at radius 1 is 0.930 bits per heavy atom. The van der Waals surface area contributed by atoms with Crippen molar-refractivity contribution in [2.24, 2.45) is 0 Å². The number of hydrogen-bond donors (Lipinski definition) is 2. The summed E-state index contributed by atoms with van der Waals surface area (Å²) < 4.78 is 7.04. The molecule has 2 aliphatic heterocycles. The number of halogens is 3. The maximum absolute atomic E-state index is 14.9. The second-order valence-electron chi connectivity index (χ2n) is 14.4. The molecule has 3 aromatic carbocycles. The van der Waals surface area contributed by atoms with E-state index >= 15 is 0 Å². The quantitative estimate of drug-likeness (QED) is 0.139. The standard InChI is InChI=1S/C43H40Cl3N7O4/c1-25(31-13-11-28(44)21-33(31)46)53-24-48-38(26-8-4-3-5-9-26)40(53)37-32-14-12-29(45)22-34(32)49-39(37)42(55)50-35-20-27(43(56)57-2)23-47-41(35)51-18-15-30(16-19-51)52-17-7-6-10-36(52)54/h3-5,8-9,11-14,20-25,30,49H,6-7,10,15-19H2,1-2H3,(H,50,55). The van der Waals surface area contributed by atoms with Crippen molar-refractivity contribution in [3.05, 3.63) is 117 Å². The number of hydrogen-bond acceptors (Lipinski definition) is 7. The molecule has 3 aromatic heterocycles. The van der Waals surface area contributed by atoms with Gasteiger partial charge in [-0.25, -0.2) is 14.8 Å². The van der Waals surface area contributed by atoms with Crippen LogP contribution in [-0.4, -0.2) is 75.0 Å². The van der Waals surface area contributed by atoms with E-state index in [1.54, 1.807) is 36.7 Å². The fourth-order valence-electron chi connectivity index (χ4n) is 8.10. The fourth-order valence-corrected chi connectivity index (χ4v) is 8.84. The van der Waals surface area contributed by atoms with Gasteiger partial charge in [0.15, 0.2) is 5.82 Å². The molecule has 2 saturated heterocycles. The van der Waals surface area contributed by atoms with Crippen LogP contribution in [0.25, 0.3) is 33.4 Å². The number of nitrogens with one attached hydrogen (secondary N) is 2. The topological polar surface area (TPSA) is 125 Å². The lowest BCUT2D eigenvalue weighted by atomic mass is 9.99. The van der Waals surface area contributed by atoms with E-state index < -0.39 is 11.9 Å². The van der Waals surface area contributed by atoms with Gasteiger partial charge in [0, 0.05) is 75.4 Å². The summed E-state index contributed by atoms with van der Waals surface area (Å²) in [6.45, 7) is 4.03. The van der Waals surface area contributed by atoms with Gasteiger partial charge in [-0.15, -0.1) is 0 Å². The molecular weight excluding hydrogens is 785 g/mol. The Balaban J connectivity index is 1.23. The summed E-state index contributed by atoms with van der Waals surface area (Å²) in [5.74, 6) is -0.327. The van der Waals surface area contributed by atoms with E-state index in [1.165, 1.54) is 13.3 Å². The number of anilines is 2. The summed E-state index contributed by atoms with van der Waals surface area (Å²) in [5.41, 5.74) is 5.01. The third-order valence-electron chi connectivity index (χ3n) is 11.0. The predicted octanol–water partition coefficient (Wildman–Crippen LogP) is 9.68. The van der Waals surface area contributed by atoms with Crippen molar-refractivity contribution < 1.29 is 19.1 Å². The molecule has 6 aromatic rings. The van der Waals surface area contributed by atoms with Gasteiger partial charge >= 0.3 is 5.97 Å². The van der Waals surface area contributed by atoms with Crippen molar-refractivity contribution in [2.75, 3.05) is 37.0 Å². The minimum Gasteiger partial charge on any atom is -0.465 e. The summed E-state index contributed by atoms with van der Waals surface area (Å²) in [6, 6.07) is 22.0. The Hall–Kier alpha value is -5.36. The molecule has 2 fully saturated rings. The number of aromatic nitrogens is 4. The number of aromatic amines is 1. The van der Waals surface area contributed by atoms with Gasteiger partial charge in [0.2, 0.25) is 5.91 Å². The number of ether oxygens (including phenoxy) is 1. The smallest absolute Gasteiger partial charge is 0.339 e. The van der Waals surface area contributed by atoms with Crippen LogP contribution in [0, 0.1) is 0 Å². The Morgan fingerprint density at radius 2 is 1.68 bits per heavy atom. The number of nitrogens with zero attached hydrogens (tertiary/aromatic N) is 5. The number of pyridine rings is 1. The van der Waals surface area contributed by atoms with Crippen LogP contribution in [0.2, 0.25) is 15.1 Å². The summed E-state index contributed by atoms with van der Waals surface area (Å²) in [7, 11) is 1.30. The lowest BCUT2D eigenvalue weighted by molar-refractivity contribution is -0.136. The highest BCUT2D eigenvalue weighted by Gasteiger charge is 2.32. The summed E-state index contributed by atoms with van der Waals surface area (Å²) in [6.07, 6.45) is 7.28. The zero-order valence-corrected chi connectivity index (χ0v) is 33.7. The van der Waals surface area contributed by atoms with Crippen LogP contribution in [0.3, 0.4) is 0 Å². The number of rotatable bonds is 9. The lowest BCUT2D eigenvalue weighted by Gasteiger charge is -2.41. The van der Waals surface area contributed by atoms with Gasteiger partial charge in [-0.05, 0) is 68.5 Å². The lowest BCUT2D eigenvalue weighted by Crippen LogP contribution is -2.49. The van der Waals surface area contributed by atoms with Crippen LogP contribution in [-0.2, 0) is 9.53 Å². The van der Waals surface area contributed by atoms with Gasteiger partial charge in [-0.3, -0.25) is 9.59 Å². The first kappa shape index (κ1) is 38.5. The monoisotopic (exact) mass is 823 g/mol. The predicted molar refractivity (Wildman–Crippen MR) is 225 cm³/mol. The van der Waals surface area contributed by atoms with E-state index in [2.05, 4.69) is 15.2 Å². The van der Waals surface area contributed by atoms with E-state index in [1.807, 2.05) is 58.9 Å². The molecule has 1 unspecified atom stereocenters. The van der Waals surface area contributed by atoms with E-state index in [0.29, 0.717) is 68.6 Å². The van der Waals surface area contributed by atoms with Crippen LogP contribution in [0.5, 0.6) is 0 Å². The number of esters is 1. The van der Waals surface area contributed by atoms with Crippen LogP contribution >= 0.6 is 34.8 Å². The third kappa shape index (κ3) is 7.59. The fraction of sp³-hybridized carbons (Fsp3) is 0.279. The van der Waals surface area contributed by atoms with Crippen molar-refractivity contribution in [2.45, 2.75) is 51.1 Å². The van der Waals surface area contributed by atoms with Crippen molar-refractivity contribution in [1.29, 1.82) is 0 Å². The molecule has 1 atom stereocenters. The molecule has 2 amide bonds. The molecule has 2 aliphatic rings. The number of amides is 2. The highest BCUT2D eigenvalue weighted by atomic mass is 35.5. The first-order valence-corrected chi connectivity index (χ1v) is 20.1. The number of piperidine rings is 2. The molecule has 14 heteroatoms. The van der Waals surface area contributed by atoms with Gasteiger partial charge in [0.05, 0.1) is 42.1 Å². The molecule has 57 heavy (non-hydrogen) atoms. The van der Waals surface area contributed by atoms with Gasteiger partial charge in [0.25, 0.3) is 5.91 Å². The highest BCUT2D eigenvalue weighted by Crippen LogP contribution is 2.43. The van der Waals surface area contributed by atoms with E-state index in [-0.39, 0.29) is 29.2 Å². The maximum Gasteiger partial charge on any atom is 0.339 e. The Kier molecular flexibility index (Phi) is 11.0. The minimum atomic E-state index is -0.584. The minimum absolute atomic E-state index is 0.149. The van der Waals surface area contributed by atoms with Gasteiger partial charge in [-0.1, -0.05) is 77.3 Å². The highest BCUT2D eigenvalue weighted by molar-refractivity contribution is 6.35. The van der Waals surface area contributed by atoms with Crippen molar-refractivity contribution in [3.63, 3.8) is 0 Å². The largest absolute Gasteiger partial charge is 0.465 e. The molecule has 8 rings (SSSR count). The Labute approximate surface area is 344 Å². The Bertz CT molecular complexity index is 2490. The SMILES string of the molecule is COC(=O)c1cnc(N2CCC(N3CCCCC3=O)CC2)c(NC(=O)c2[nH]c3cc(Cl)ccc3c2-c2c(-c3ccccc3)ncn2C(C)c2ccc(Cl)cc2Cl)c1. The first-order chi connectivity index (χ1) is 27.6. The molecule has 0 bridgehead atoms. The normalized spacial score (nSPS) is 15.6. The zero-order chi connectivity index (χ0) is 39.8. The Morgan fingerprint density at radius 3 is 2.42 bits per heavy atom. The number of fused-ring (bicyclic) bond motifs is 1. The molecule has 292 valence electrons. The number of carbonyl (C=O) groups excluding carboxylic acids is 3. The average Bonchev–Trinajstić information content (AvgIpc) is 3.82. The van der Waals surface area contributed by atoms with Gasteiger partial charge < -0.3 is 29.4 Å². The number of carbonyl (C=O) groups is 3. The number of H-pyrrole nitrogens is 1. The van der Waals surface area contributed by atoms with E-state index in [0.717, 1.165) is 48.7 Å². The molecule has 0 saturated carbocycles. The number of likely N-dealkylation sites (tertiary alicyclic amines) is 1. The van der Waals surface area contributed by atoms with E-state index in [9.17, 15) is 14.4 Å². The van der Waals surface area contributed by atoms with Crippen LogP contribution < -0.4 is 10.2 Å². The molecule has 0 radical (unpaired) electrons. The summed E-state index contributed by atoms with van der Waals surface area (Å²) >= 11 is 19.6. The molecule has 0 spiro atoms. The van der Waals surface area contributed by atoms with Gasteiger partial charge in [0.1, 0.15) is 5.69 Å². The maximum atomic E-state index is 14.9. The second-order valence-corrected chi connectivity index (χ2v) is 15.7. The van der Waals surface area contributed by atoms with Crippen molar-refractivity contribution in [1.82, 2.24) is 24.4 Å². The van der Waals surface area contributed by atoms with Crippen LogP contribution in [0.1, 0.15) is 71.5 Å². The molecule has 5 heterocycles. The molecule has 11 nitrogen and oxygen atoms in total. The zero-order valence-electron chi connectivity index (χ0n) is 31.4. The number of methoxy groups -OCH3 is 1. The number of benzene rings is 3. The summed E-state index contributed by atoms with van der Waals surface area (Å²) in [5, 5.41) is 5.37. The van der Waals surface area contributed by atoms with Crippen molar-refractivity contribution >= 4 is 75.0 Å². The van der Waals surface area contributed by atoms with E-state index in [4.69, 9.17) is 49.5 Å². The summed E-state index contributed by atoms with van der Waals surface area (Å²) in [4.78, 5) is 57.5. The molecule has 2 N–H and O–H groups in total. The van der Waals surface area contributed by atoms with Crippen LogP contribution in [0.15, 0.2) is 85.3 Å². The second kappa shape index (κ2) is 16.2. The van der Waals surface area contributed by atoms with Crippen LogP contribution in [0.4, 0.5) is 11.5 Å².